The van der Waals surface area contributed by atoms with Gasteiger partial charge >= 0.3 is 0 Å². The summed E-state index contributed by atoms with van der Waals surface area (Å²) in [6.45, 7) is 6.48. The number of hydrogen-bond donors (Lipinski definition) is 0. The van der Waals surface area contributed by atoms with E-state index < -0.39 is 0 Å². The Bertz CT molecular complexity index is 1070. The van der Waals surface area contributed by atoms with Gasteiger partial charge in [-0.25, -0.2) is 4.98 Å². The molecule has 6 nitrogen and oxygen atoms in total. The summed E-state index contributed by atoms with van der Waals surface area (Å²) >= 11 is 0. The summed E-state index contributed by atoms with van der Waals surface area (Å²) in [6.07, 6.45) is 7.81. The maximum atomic E-state index is 5.68. The molecule has 0 bridgehead atoms. The highest BCUT2D eigenvalue weighted by atomic mass is 16.5. The Hall–Kier alpha value is -2.83. The zero-order chi connectivity index (χ0) is 22.7. The number of benzene rings is 1. The van der Waals surface area contributed by atoms with Gasteiger partial charge in [-0.15, -0.1) is 0 Å². The number of hydrogen-bond acceptors (Lipinski definition) is 5. The predicted molar refractivity (Wildman–Crippen MR) is 130 cm³/mol. The van der Waals surface area contributed by atoms with E-state index >= 15 is 0 Å². The lowest BCUT2D eigenvalue weighted by atomic mass is 9.79. The van der Waals surface area contributed by atoms with E-state index in [0.29, 0.717) is 5.41 Å². The lowest BCUT2D eigenvalue weighted by Gasteiger charge is -2.40. The van der Waals surface area contributed by atoms with Crippen LogP contribution in [0.5, 0.6) is 11.5 Å². The Morgan fingerprint density at radius 3 is 2.55 bits per heavy atom. The fourth-order valence-corrected chi connectivity index (χ4v) is 5.75. The highest BCUT2D eigenvalue weighted by molar-refractivity contribution is 5.46. The van der Waals surface area contributed by atoms with Crippen LogP contribution in [0.15, 0.2) is 60.9 Å². The van der Waals surface area contributed by atoms with Gasteiger partial charge in [0.2, 0.25) is 0 Å². The van der Waals surface area contributed by atoms with E-state index in [-0.39, 0.29) is 0 Å². The summed E-state index contributed by atoms with van der Waals surface area (Å²) in [5.74, 6) is 2.66. The molecule has 2 aromatic heterocycles. The Kier molecular flexibility index (Phi) is 6.38. The fourth-order valence-electron chi connectivity index (χ4n) is 5.75. The van der Waals surface area contributed by atoms with Crippen LogP contribution < -0.4 is 9.47 Å². The molecule has 33 heavy (non-hydrogen) atoms. The monoisotopic (exact) mass is 446 g/mol. The van der Waals surface area contributed by atoms with Gasteiger partial charge in [0.1, 0.15) is 5.82 Å². The first-order chi connectivity index (χ1) is 16.2. The minimum absolute atomic E-state index is 0.382. The van der Waals surface area contributed by atoms with Crippen LogP contribution in [0.25, 0.3) is 5.82 Å². The van der Waals surface area contributed by atoms with E-state index in [1.165, 1.54) is 30.5 Å². The summed E-state index contributed by atoms with van der Waals surface area (Å²) < 4.78 is 13.4. The van der Waals surface area contributed by atoms with Crippen LogP contribution in [0.4, 0.5) is 0 Å². The standard InChI is InChI=1S/C27H34N4O2/c1-32-24-10-5-8-22(26(24)33-2)18-29-15-7-12-27(20-29)13-17-30(21-27)19-23-9-6-16-31(23)25-11-3-4-14-28-25/h3-6,8-11,14,16H,7,12-13,15,17-21H2,1-2H3. The summed E-state index contributed by atoms with van der Waals surface area (Å²) in [4.78, 5) is 9.78. The third-order valence-electron chi connectivity index (χ3n) is 7.25. The van der Waals surface area contributed by atoms with Crippen LogP contribution in [0.2, 0.25) is 0 Å². The minimum atomic E-state index is 0.382. The summed E-state index contributed by atoms with van der Waals surface area (Å²) in [7, 11) is 3.43. The molecule has 2 aliphatic heterocycles. The van der Waals surface area contributed by atoms with Crippen molar-refractivity contribution >= 4 is 0 Å². The van der Waals surface area contributed by atoms with Crippen LogP contribution in [0, 0.1) is 5.41 Å². The number of piperidine rings is 1. The number of likely N-dealkylation sites (tertiary alicyclic amines) is 2. The molecule has 5 rings (SSSR count). The number of ether oxygens (including phenoxy) is 2. The van der Waals surface area contributed by atoms with Crippen LogP contribution in [-0.2, 0) is 13.1 Å². The van der Waals surface area contributed by atoms with Gasteiger partial charge in [0.05, 0.1) is 14.2 Å². The van der Waals surface area contributed by atoms with Crippen LogP contribution in [0.1, 0.15) is 30.5 Å². The highest BCUT2D eigenvalue weighted by Gasteiger charge is 2.41. The number of rotatable bonds is 7. The van der Waals surface area contributed by atoms with E-state index in [0.717, 1.165) is 56.6 Å². The molecule has 2 saturated heterocycles. The number of para-hydroxylation sites is 1. The van der Waals surface area contributed by atoms with E-state index in [1.54, 1.807) is 14.2 Å². The van der Waals surface area contributed by atoms with Gasteiger partial charge < -0.3 is 14.0 Å². The van der Waals surface area contributed by atoms with E-state index in [9.17, 15) is 0 Å². The molecule has 0 amide bonds. The largest absolute Gasteiger partial charge is 0.493 e. The molecular formula is C27H34N4O2. The molecule has 0 saturated carbocycles. The molecule has 0 radical (unpaired) electrons. The second kappa shape index (κ2) is 9.57. The van der Waals surface area contributed by atoms with Gasteiger partial charge in [0.15, 0.2) is 11.5 Å². The van der Waals surface area contributed by atoms with Crippen molar-refractivity contribution in [2.24, 2.45) is 5.41 Å². The highest BCUT2D eigenvalue weighted by Crippen LogP contribution is 2.41. The molecule has 2 fully saturated rings. The average molecular weight is 447 g/mol. The third-order valence-corrected chi connectivity index (χ3v) is 7.25. The summed E-state index contributed by atoms with van der Waals surface area (Å²) in [5.41, 5.74) is 2.89. The van der Waals surface area contributed by atoms with Crippen molar-refractivity contribution in [2.75, 3.05) is 40.4 Å². The number of nitrogens with zero attached hydrogens (tertiary/aromatic N) is 4. The molecule has 2 aliphatic rings. The average Bonchev–Trinajstić information content (AvgIpc) is 3.46. The number of aromatic nitrogens is 2. The SMILES string of the molecule is COc1cccc(CN2CCCC3(CCN(Cc4cccn4-c4ccccn4)C3)C2)c1OC. The summed E-state index contributed by atoms with van der Waals surface area (Å²) in [5, 5.41) is 0. The van der Waals surface area contributed by atoms with Gasteiger partial charge in [0, 0.05) is 49.8 Å². The first kappa shape index (κ1) is 22.0. The number of methoxy groups -OCH3 is 2. The topological polar surface area (TPSA) is 42.8 Å². The molecule has 3 aromatic rings. The first-order valence-electron chi connectivity index (χ1n) is 11.9. The lowest BCUT2D eigenvalue weighted by molar-refractivity contribution is 0.0857. The second-order valence-electron chi connectivity index (χ2n) is 9.48. The van der Waals surface area contributed by atoms with Crippen molar-refractivity contribution in [3.63, 3.8) is 0 Å². The zero-order valence-electron chi connectivity index (χ0n) is 19.7. The van der Waals surface area contributed by atoms with Crippen LogP contribution in [0.3, 0.4) is 0 Å². The molecular weight excluding hydrogens is 412 g/mol. The normalized spacial score (nSPS) is 21.5. The molecule has 0 aliphatic carbocycles. The smallest absolute Gasteiger partial charge is 0.165 e. The zero-order valence-corrected chi connectivity index (χ0v) is 19.7. The van der Waals surface area contributed by atoms with Crippen LogP contribution >= 0.6 is 0 Å². The molecule has 174 valence electrons. The van der Waals surface area contributed by atoms with Gasteiger partial charge in [0.25, 0.3) is 0 Å². The van der Waals surface area contributed by atoms with Gasteiger partial charge in [-0.3, -0.25) is 9.80 Å². The Morgan fingerprint density at radius 2 is 1.76 bits per heavy atom. The van der Waals surface area contributed by atoms with E-state index in [1.807, 2.05) is 24.4 Å². The van der Waals surface area contributed by atoms with Gasteiger partial charge in [-0.05, 0) is 68.1 Å². The van der Waals surface area contributed by atoms with Gasteiger partial charge in [-0.1, -0.05) is 18.2 Å². The van der Waals surface area contributed by atoms with E-state index in [2.05, 4.69) is 55.9 Å². The number of pyridine rings is 1. The van der Waals surface area contributed by atoms with Crippen molar-refractivity contribution in [2.45, 2.75) is 32.4 Å². The van der Waals surface area contributed by atoms with Crippen molar-refractivity contribution in [3.8, 4) is 17.3 Å². The first-order valence-corrected chi connectivity index (χ1v) is 11.9. The van der Waals surface area contributed by atoms with Crippen molar-refractivity contribution in [3.05, 3.63) is 72.2 Å². The molecule has 6 heteroatoms. The van der Waals surface area contributed by atoms with Gasteiger partial charge in [-0.2, -0.15) is 0 Å². The molecule has 1 atom stereocenters. The molecule has 4 heterocycles. The van der Waals surface area contributed by atoms with Crippen LogP contribution in [-0.4, -0.2) is 59.7 Å². The molecule has 1 unspecified atom stereocenters. The quantitative estimate of drug-likeness (QED) is 0.539. The van der Waals surface area contributed by atoms with Crippen molar-refractivity contribution < 1.29 is 9.47 Å². The Labute approximate surface area is 196 Å². The predicted octanol–water partition coefficient (Wildman–Crippen LogP) is 4.38. The fraction of sp³-hybridized carbons (Fsp3) is 0.444. The van der Waals surface area contributed by atoms with E-state index in [4.69, 9.17) is 9.47 Å². The lowest BCUT2D eigenvalue weighted by Crippen LogP contribution is -2.44. The Balaban J connectivity index is 1.25. The minimum Gasteiger partial charge on any atom is -0.493 e. The second-order valence-corrected chi connectivity index (χ2v) is 9.48. The molecule has 0 N–H and O–H groups in total. The third kappa shape index (κ3) is 4.63. The Morgan fingerprint density at radius 1 is 0.879 bits per heavy atom. The van der Waals surface area contributed by atoms with Crippen molar-refractivity contribution in [1.29, 1.82) is 0 Å². The maximum Gasteiger partial charge on any atom is 0.165 e. The van der Waals surface area contributed by atoms with Crippen molar-refractivity contribution in [1.82, 2.24) is 19.4 Å². The molecule has 1 aromatic carbocycles. The molecule has 1 spiro atoms. The maximum absolute atomic E-state index is 5.68. The summed E-state index contributed by atoms with van der Waals surface area (Å²) in [6, 6.07) is 16.6.